The first-order chi connectivity index (χ1) is 10.2. The van der Waals surface area contributed by atoms with Gasteiger partial charge >= 0.3 is 0 Å². The molecule has 1 aromatic rings. The van der Waals surface area contributed by atoms with Crippen LogP contribution in [0.5, 0.6) is 0 Å². The van der Waals surface area contributed by atoms with Crippen LogP contribution in [-0.4, -0.2) is 47.9 Å². The van der Waals surface area contributed by atoms with Gasteiger partial charge in [-0.05, 0) is 32.1 Å². The van der Waals surface area contributed by atoms with Gasteiger partial charge in [0.05, 0.1) is 11.7 Å². The number of halogens is 2. The van der Waals surface area contributed by atoms with Crippen LogP contribution in [0.4, 0.5) is 14.5 Å². The average molecular weight is 312 g/mol. The Hall–Kier alpha value is -1.86. The topological polar surface area (TPSA) is 69.6 Å². The van der Waals surface area contributed by atoms with Crippen LogP contribution in [0.15, 0.2) is 6.07 Å². The number of hydrogen-bond donors (Lipinski definition) is 2. The first-order valence-electron chi connectivity index (χ1n) is 6.84. The lowest BCUT2D eigenvalue weighted by Gasteiger charge is -2.19. The largest absolute Gasteiger partial charge is 0.382 e. The zero-order valence-corrected chi connectivity index (χ0v) is 12.6. The second-order valence-corrected chi connectivity index (χ2v) is 5.88. The second-order valence-electron chi connectivity index (χ2n) is 5.88. The van der Waals surface area contributed by atoms with Gasteiger partial charge in [0, 0.05) is 18.9 Å². The fourth-order valence-electron chi connectivity index (χ4n) is 2.41. The minimum atomic E-state index is -1.79. The molecule has 2 atom stereocenters. The van der Waals surface area contributed by atoms with E-state index in [0.29, 0.717) is 0 Å². The molecule has 1 aliphatic carbocycles. The number of fused-ring (bicyclic) bond motifs is 1. The molecule has 1 aromatic carbocycles. The molecule has 0 radical (unpaired) electrons. The molecular formula is C15H18F2N2O3. The van der Waals surface area contributed by atoms with E-state index < -0.39 is 29.2 Å². The Labute approximate surface area is 126 Å². The van der Waals surface area contributed by atoms with Crippen molar-refractivity contribution in [3.05, 3.63) is 28.8 Å². The summed E-state index contributed by atoms with van der Waals surface area (Å²) in [7, 11) is 3.38. The monoisotopic (exact) mass is 312 g/mol. The number of anilines is 1. The minimum Gasteiger partial charge on any atom is -0.382 e. The molecule has 120 valence electrons. The Morgan fingerprint density at radius 3 is 2.55 bits per heavy atom. The smallest absolute Gasteiger partial charge is 0.241 e. The molecule has 22 heavy (non-hydrogen) atoms. The molecule has 5 nitrogen and oxygen atoms in total. The van der Waals surface area contributed by atoms with Gasteiger partial charge < -0.3 is 15.2 Å². The summed E-state index contributed by atoms with van der Waals surface area (Å²) in [6.07, 6.45) is -0.281. The highest BCUT2D eigenvalue weighted by atomic mass is 19.1. The molecule has 0 saturated carbocycles. The molecule has 0 aromatic heterocycles. The number of aliphatic hydroxyl groups is 1. The zero-order valence-electron chi connectivity index (χ0n) is 12.6. The fourth-order valence-corrected chi connectivity index (χ4v) is 2.41. The van der Waals surface area contributed by atoms with Crippen LogP contribution < -0.4 is 5.32 Å². The number of carbonyl (C=O) groups is 2. The van der Waals surface area contributed by atoms with E-state index in [1.54, 1.807) is 25.9 Å². The molecule has 2 unspecified atom stereocenters. The van der Waals surface area contributed by atoms with Gasteiger partial charge in [-0.1, -0.05) is 0 Å². The van der Waals surface area contributed by atoms with Crippen LogP contribution in [0.3, 0.4) is 0 Å². The number of amides is 1. The molecule has 2 rings (SSSR count). The predicted molar refractivity (Wildman–Crippen MR) is 76.6 cm³/mol. The average Bonchev–Trinajstić information content (AvgIpc) is 2.83. The molecule has 0 aliphatic heterocycles. The maximum absolute atomic E-state index is 14.4. The van der Waals surface area contributed by atoms with Gasteiger partial charge in [0.25, 0.3) is 0 Å². The van der Waals surface area contributed by atoms with Crippen LogP contribution in [0.2, 0.25) is 0 Å². The number of nitrogens with one attached hydrogen (secondary N) is 1. The Morgan fingerprint density at radius 2 is 2.00 bits per heavy atom. The predicted octanol–water partition coefficient (Wildman–Crippen LogP) is 0.882. The molecule has 7 heteroatoms. The van der Waals surface area contributed by atoms with Crippen molar-refractivity contribution in [2.24, 2.45) is 0 Å². The van der Waals surface area contributed by atoms with Crippen molar-refractivity contribution in [3.8, 4) is 0 Å². The van der Waals surface area contributed by atoms with Crippen LogP contribution >= 0.6 is 0 Å². The Kier molecular flexibility index (Phi) is 4.30. The maximum atomic E-state index is 14.4. The lowest BCUT2D eigenvalue weighted by Crippen LogP contribution is -2.37. The number of benzene rings is 1. The lowest BCUT2D eigenvalue weighted by molar-refractivity contribution is -0.123. The van der Waals surface area contributed by atoms with Gasteiger partial charge in [-0.3, -0.25) is 9.69 Å². The molecule has 0 fully saturated rings. The van der Waals surface area contributed by atoms with Gasteiger partial charge in [0.2, 0.25) is 5.91 Å². The number of aldehydes is 1. The lowest BCUT2D eigenvalue weighted by atomic mass is 10.0. The molecule has 2 N–H and O–H groups in total. The molecule has 0 saturated heterocycles. The minimum absolute atomic E-state index is 0.0224. The van der Waals surface area contributed by atoms with Crippen LogP contribution in [0.25, 0.3) is 0 Å². The van der Waals surface area contributed by atoms with E-state index >= 15 is 0 Å². The molecule has 1 aliphatic rings. The SMILES string of the molecule is CC(C(=O)Nc1cc(F)c2c(c1F)CC(O)(C=O)C2)N(C)C. The van der Waals surface area contributed by atoms with Crippen molar-refractivity contribution in [3.63, 3.8) is 0 Å². The molecule has 0 heterocycles. The molecule has 0 bridgehead atoms. The molecule has 1 amide bonds. The van der Waals surface area contributed by atoms with E-state index in [-0.39, 0.29) is 35.9 Å². The van der Waals surface area contributed by atoms with Crippen LogP contribution in [0, 0.1) is 11.6 Å². The third-order valence-electron chi connectivity index (χ3n) is 4.02. The summed E-state index contributed by atoms with van der Waals surface area (Å²) in [4.78, 5) is 24.5. The van der Waals surface area contributed by atoms with Crippen molar-refractivity contribution in [1.82, 2.24) is 4.90 Å². The summed E-state index contributed by atoms with van der Waals surface area (Å²) in [6.45, 7) is 1.63. The Bertz CT molecular complexity index is 634. The summed E-state index contributed by atoms with van der Waals surface area (Å²) in [5.74, 6) is -2.04. The molecule has 0 spiro atoms. The maximum Gasteiger partial charge on any atom is 0.241 e. The first kappa shape index (κ1) is 16.5. The number of likely N-dealkylation sites (N-methyl/N-ethyl adjacent to an activating group) is 1. The van der Waals surface area contributed by atoms with Crippen LogP contribution in [0.1, 0.15) is 18.1 Å². The van der Waals surface area contributed by atoms with Crippen molar-refractivity contribution >= 4 is 17.9 Å². The Morgan fingerprint density at radius 1 is 1.41 bits per heavy atom. The molecular weight excluding hydrogens is 294 g/mol. The van der Waals surface area contributed by atoms with E-state index in [0.717, 1.165) is 6.07 Å². The van der Waals surface area contributed by atoms with Gasteiger partial charge in [-0.15, -0.1) is 0 Å². The fraction of sp³-hybridized carbons (Fsp3) is 0.467. The Balaban J connectivity index is 2.34. The van der Waals surface area contributed by atoms with E-state index in [1.165, 1.54) is 0 Å². The van der Waals surface area contributed by atoms with Gasteiger partial charge in [-0.25, -0.2) is 8.78 Å². The summed E-state index contributed by atoms with van der Waals surface area (Å²) in [6, 6.07) is 0.355. The highest BCUT2D eigenvalue weighted by Gasteiger charge is 2.39. The van der Waals surface area contributed by atoms with E-state index in [1.807, 2.05) is 0 Å². The van der Waals surface area contributed by atoms with Crippen molar-refractivity contribution in [2.45, 2.75) is 31.4 Å². The second kappa shape index (κ2) is 5.73. The van der Waals surface area contributed by atoms with E-state index in [4.69, 9.17) is 0 Å². The van der Waals surface area contributed by atoms with Crippen molar-refractivity contribution in [2.75, 3.05) is 19.4 Å². The first-order valence-corrected chi connectivity index (χ1v) is 6.84. The van der Waals surface area contributed by atoms with Gasteiger partial charge in [0.15, 0.2) is 12.1 Å². The van der Waals surface area contributed by atoms with Gasteiger partial charge in [-0.2, -0.15) is 0 Å². The number of nitrogens with zero attached hydrogens (tertiary/aromatic N) is 1. The normalized spacial score (nSPS) is 21.6. The number of rotatable bonds is 4. The highest BCUT2D eigenvalue weighted by molar-refractivity contribution is 5.94. The standard InChI is InChI=1S/C15H18F2N2O3/c1-8(19(2)3)14(21)18-12-4-11(16)9-5-15(22,7-20)6-10(9)13(12)17/h4,7-8,22H,5-6H2,1-3H3,(H,18,21). The van der Waals surface area contributed by atoms with Crippen molar-refractivity contribution in [1.29, 1.82) is 0 Å². The number of hydrogen-bond acceptors (Lipinski definition) is 4. The summed E-state index contributed by atoms with van der Waals surface area (Å²) >= 11 is 0. The van der Waals surface area contributed by atoms with E-state index in [2.05, 4.69) is 5.32 Å². The third kappa shape index (κ3) is 2.86. The van der Waals surface area contributed by atoms with Crippen molar-refractivity contribution < 1.29 is 23.5 Å². The summed E-state index contributed by atoms with van der Waals surface area (Å²) in [5.41, 5.74) is -2.16. The van der Waals surface area contributed by atoms with E-state index in [9.17, 15) is 23.5 Å². The summed E-state index contributed by atoms with van der Waals surface area (Å²) in [5, 5.41) is 12.3. The number of carbonyl (C=O) groups excluding carboxylic acids is 2. The third-order valence-corrected chi connectivity index (χ3v) is 4.02. The van der Waals surface area contributed by atoms with Gasteiger partial charge in [0.1, 0.15) is 11.4 Å². The zero-order chi connectivity index (χ0) is 16.7. The van der Waals surface area contributed by atoms with Crippen LogP contribution in [-0.2, 0) is 22.4 Å². The quantitative estimate of drug-likeness (QED) is 0.810. The highest BCUT2D eigenvalue weighted by Crippen LogP contribution is 2.36. The summed E-state index contributed by atoms with van der Waals surface area (Å²) < 4.78 is 28.5.